The molecule has 0 spiro atoms. The summed E-state index contributed by atoms with van der Waals surface area (Å²) in [6.45, 7) is 0.831. The number of rotatable bonds is 2. The summed E-state index contributed by atoms with van der Waals surface area (Å²) in [6, 6.07) is 15.3. The van der Waals surface area contributed by atoms with Gasteiger partial charge in [0.05, 0.1) is 0 Å². The number of hydrogen-bond acceptors (Lipinski definition) is 1. The molecule has 2 aromatic rings. The van der Waals surface area contributed by atoms with Gasteiger partial charge >= 0.3 is 0 Å². The molecule has 2 aromatic carbocycles. The smallest absolute Gasteiger partial charge is 0.00428 e. The molecular weight excluding hydrogens is 218 g/mol. The maximum absolute atomic E-state index is 5.67. The molecule has 0 bridgehead atoms. The Hall–Kier alpha value is -1.05. The second kappa shape index (κ2) is 4.44. The van der Waals surface area contributed by atoms with E-state index in [1.54, 1.807) is 0 Å². The summed E-state index contributed by atoms with van der Waals surface area (Å²) in [5.74, 6) is 1.45. The average Bonchev–Trinajstić information content (AvgIpc) is 3.08. The number of fused-ring (bicyclic) bond motifs is 1. The lowest BCUT2D eigenvalue weighted by molar-refractivity contribution is 0.810. The topological polar surface area (TPSA) is 26.0 Å². The average molecular weight is 234 g/mol. The normalized spacial score (nSPS) is 22.8. The van der Waals surface area contributed by atoms with E-state index in [2.05, 4.69) is 42.5 Å². The highest BCUT2D eigenvalue weighted by atomic mass is 35.5. The molecule has 0 saturated heterocycles. The Morgan fingerprint density at radius 1 is 1.06 bits per heavy atom. The molecule has 1 saturated carbocycles. The van der Waals surface area contributed by atoms with Gasteiger partial charge in [-0.3, -0.25) is 0 Å². The monoisotopic (exact) mass is 233 g/mol. The van der Waals surface area contributed by atoms with E-state index in [-0.39, 0.29) is 12.4 Å². The molecule has 0 heterocycles. The van der Waals surface area contributed by atoms with Gasteiger partial charge in [-0.15, -0.1) is 12.4 Å². The van der Waals surface area contributed by atoms with E-state index < -0.39 is 0 Å². The fraction of sp³-hybridized carbons (Fsp3) is 0.286. The van der Waals surface area contributed by atoms with Crippen LogP contribution < -0.4 is 5.73 Å². The van der Waals surface area contributed by atoms with E-state index in [1.165, 1.54) is 22.8 Å². The van der Waals surface area contributed by atoms with Crippen LogP contribution in [0.15, 0.2) is 42.5 Å². The van der Waals surface area contributed by atoms with Gasteiger partial charge in [0.1, 0.15) is 0 Å². The van der Waals surface area contributed by atoms with E-state index in [0.717, 1.165) is 18.4 Å². The molecule has 1 fully saturated rings. The van der Waals surface area contributed by atoms with Crippen LogP contribution in [-0.2, 0) is 0 Å². The molecule has 84 valence electrons. The van der Waals surface area contributed by atoms with E-state index in [0.29, 0.717) is 0 Å². The lowest BCUT2D eigenvalue weighted by atomic mass is 10.0. The molecule has 0 aromatic heterocycles. The minimum absolute atomic E-state index is 0. The summed E-state index contributed by atoms with van der Waals surface area (Å²) in [4.78, 5) is 0. The first-order valence-electron chi connectivity index (χ1n) is 5.57. The predicted molar refractivity (Wildman–Crippen MR) is 71.1 cm³/mol. The van der Waals surface area contributed by atoms with E-state index in [4.69, 9.17) is 5.73 Å². The van der Waals surface area contributed by atoms with Gasteiger partial charge in [0.2, 0.25) is 0 Å². The van der Waals surface area contributed by atoms with Gasteiger partial charge in [-0.25, -0.2) is 0 Å². The van der Waals surface area contributed by atoms with Crippen LogP contribution in [0, 0.1) is 5.92 Å². The molecular formula is C14H16ClN. The van der Waals surface area contributed by atoms with Crippen molar-refractivity contribution in [3.8, 4) is 0 Å². The van der Waals surface area contributed by atoms with Crippen LogP contribution >= 0.6 is 12.4 Å². The number of halogens is 1. The van der Waals surface area contributed by atoms with Crippen molar-refractivity contribution in [2.75, 3.05) is 6.54 Å². The lowest BCUT2D eigenvalue weighted by Crippen LogP contribution is -2.01. The summed E-state index contributed by atoms with van der Waals surface area (Å²) < 4.78 is 0. The Labute approximate surface area is 102 Å². The van der Waals surface area contributed by atoms with Crippen molar-refractivity contribution in [1.29, 1.82) is 0 Å². The van der Waals surface area contributed by atoms with Crippen LogP contribution in [0.2, 0.25) is 0 Å². The van der Waals surface area contributed by atoms with Gasteiger partial charge in [0.15, 0.2) is 0 Å². The molecule has 2 N–H and O–H groups in total. The van der Waals surface area contributed by atoms with Crippen LogP contribution in [0.4, 0.5) is 0 Å². The van der Waals surface area contributed by atoms with E-state index in [1.807, 2.05) is 0 Å². The maximum Gasteiger partial charge on any atom is -0.00428 e. The Bertz CT molecular complexity index is 495. The zero-order valence-corrected chi connectivity index (χ0v) is 9.91. The zero-order chi connectivity index (χ0) is 10.3. The highest BCUT2D eigenvalue weighted by molar-refractivity contribution is 5.85. The third-order valence-corrected chi connectivity index (χ3v) is 3.43. The van der Waals surface area contributed by atoms with Crippen LogP contribution in [0.25, 0.3) is 10.8 Å². The van der Waals surface area contributed by atoms with E-state index in [9.17, 15) is 0 Å². The minimum Gasteiger partial charge on any atom is -0.330 e. The summed E-state index contributed by atoms with van der Waals surface area (Å²) in [6.07, 6.45) is 1.27. The van der Waals surface area contributed by atoms with Gasteiger partial charge in [-0.2, -0.15) is 0 Å². The third kappa shape index (κ3) is 1.93. The second-order valence-electron chi connectivity index (χ2n) is 4.44. The zero-order valence-electron chi connectivity index (χ0n) is 9.10. The highest BCUT2D eigenvalue weighted by Crippen LogP contribution is 2.47. The number of nitrogens with two attached hydrogens (primary N) is 1. The summed E-state index contributed by atoms with van der Waals surface area (Å²) in [7, 11) is 0. The maximum atomic E-state index is 5.67. The summed E-state index contributed by atoms with van der Waals surface area (Å²) in [5, 5.41) is 2.67. The summed E-state index contributed by atoms with van der Waals surface area (Å²) >= 11 is 0. The van der Waals surface area contributed by atoms with Gasteiger partial charge in [-0.05, 0) is 41.1 Å². The quantitative estimate of drug-likeness (QED) is 0.846. The van der Waals surface area contributed by atoms with Crippen molar-refractivity contribution in [2.45, 2.75) is 12.3 Å². The van der Waals surface area contributed by atoms with Crippen molar-refractivity contribution in [3.63, 3.8) is 0 Å². The molecule has 2 heteroatoms. The molecule has 0 aliphatic heterocycles. The highest BCUT2D eigenvalue weighted by Gasteiger charge is 2.36. The molecule has 0 radical (unpaired) electrons. The fourth-order valence-electron chi connectivity index (χ4n) is 2.35. The summed E-state index contributed by atoms with van der Waals surface area (Å²) in [5.41, 5.74) is 7.14. The first-order valence-corrected chi connectivity index (χ1v) is 5.57. The van der Waals surface area contributed by atoms with Gasteiger partial charge in [0.25, 0.3) is 0 Å². The van der Waals surface area contributed by atoms with Crippen LogP contribution in [0.3, 0.4) is 0 Å². The third-order valence-electron chi connectivity index (χ3n) is 3.43. The van der Waals surface area contributed by atoms with Crippen LogP contribution in [0.5, 0.6) is 0 Å². The molecule has 0 unspecified atom stereocenters. The van der Waals surface area contributed by atoms with Gasteiger partial charge in [0, 0.05) is 0 Å². The van der Waals surface area contributed by atoms with Crippen molar-refractivity contribution >= 4 is 23.2 Å². The molecule has 3 rings (SSSR count). The fourth-order valence-corrected chi connectivity index (χ4v) is 2.35. The first-order chi connectivity index (χ1) is 7.38. The molecule has 1 nitrogen and oxygen atoms in total. The Balaban J connectivity index is 0.000000963. The van der Waals surface area contributed by atoms with Crippen molar-refractivity contribution in [1.82, 2.24) is 0 Å². The molecule has 1 aliphatic rings. The Morgan fingerprint density at radius 2 is 1.81 bits per heavy atom. The standard InChI is InChI=1S/C14H15N.ClH/c15-9-13-8-14(13)12-6-5-10-3-1-2-4-11(10)7-12;/h1-7,13-14H,8-9,15H2;1H/t13-,14-;/m0./s1. The van der Waals surface area contributed by atoms with Crippen LogP contribution in [0.1, 0.15) is 17.9 Å². The molecule has 16 heavy (non-hydrogen) atoms. The largest absolute Gasteiger partial charge is 0.330 e. The molecule has 0 amide bonds. The Morgan fingerprint density at radius 3 is 2.50 bits per heavy atom. The van der Waals surface area contributed by atoms with Gasteiger partial charge < -0.3 is 5.73 Å². The van der Waals surface area contributed by atoms with E-state index >= 15 is 0 Å². The molecule has 2 atom stereocenters. The minimum atomic E-state index is 0. The van der Waals surface area contributed by atoms with Crippen molar-refractivity contribution < 1.29 is 0 Å². The van der Waals surface area contributed by atoms with Crippen LogP contribution in [-0.4, -0.2) is 6.54 Å². The number of benzene rings is 2. The first kappa shape index (κ1) is 11.4. The SMILES string of the molecule is Cl.NC[C@@H]1C[C@H]1c1ccc2ccccc2c1. The van der Waals surface area contributed by atoms with Crippen molar-refractivity contribution in [3.05, 3.63) is 48.0 Å². The predicted octanol–water partition coefficient (Wildman–Crippen LogP) is 3.32. The Kier molecular flexibility index (Phi) is 3.17. The molecule has 1 aliphatic carbocycles. The second-order valence-corrected chi connectivity index (χ2v) is 4.44. The van der Waals surface area contributed by atoms with Crippen molar-refractivity contribution in [2.24, 2.45) is 11.7 Å². The van der Waals surface area contributed by atoms with Gasteiger partial charge in [-0.1, -0.05) is 42.5 Å². The lowest BCUT2D eigenvalue weighted by Gasteiger charge is -2.02. The number of hydrogen-bond donors (Lipinski definition) is 1.